The molecule has 0 aliphatic carbocycles. The van der Waals surface area contributed by atoms with Crippen LogP contribution < -0.4 is 16.2 Å². The van der Waals surface area contributed by atoms with Crippen LogP contribution in [0.15, 0.2) is 16.1 Å². The van der Waals surface area contributed by atoms with Crippen molar-refractivity contribution >= 4 is 23.6 Å². The van der Waals surface area contributed by atoms with Crippen LogP contribution in [0.5, 0.6) is 0 Å². The number of aromatic nitrogens is 2. The molecule has 0 spiro atoms. The Morgan fingerprint density at radius 1 is 1.43 bits per heavy atom. The second kappa shape index (κ2) is 5.88. The average Bonchev–Trinajstić information content (AvgIpc) is 2.86. The van der Waals surface area contributed by atoms with E-state index in [1.165, 1.54) is 22.5 Å². The van der Waals surface area contributed by atoms with Crippen molar-refractivity contribution in [3.05, 3.63) is 22.1 Å². The van der Waals surface area contributed by atoms with Crippen molar-refractivity contribution in [2.75, 3.05) is 12.3 Å². The molecular weight excluding hydrogens is 292 g/mol. The van der Waals surface area contributed by atoms with Crippen molar-refractivity contribution in [2.45, 2.75) is 37.0 Å². The van der Waals surface area contributed by atoms with Crippen LogP contribution in [0, 0.1) is 0 Å². The van der Waals surface area contributed by atoms with Crippen LogP contribution in [0.3, 0.4) is 0 Å². The van der Waals surface area contributed by atoms with Crippen LogP contribution in [-0.2, 0) is 11.3 Å². The summed E-state index contributed by atoms with van der Waals surface area (Å²) in [5.41, 5.74) is -0.338. The number of nitrogens with one attached hydrogen (secondary N) is 2. The van der Waals surface area contributed by atoms with E-state index < -0.39 is 11.9 Å². The zero-order valence-corrected chi connectivity index (χ0v) is 12.2. The van der Waals surface area contributed by atoms with Crippen molar-refractivity contribution in [1.29, 1.82) is 0 Å². The van der Waals surface area contributed by atoms with Crippen molar-refractivity contribution in [3.63, 3.8) is 0 Å². The van der Waals surface area contributed by atoms with Gasteiger partial charge in [-0.3, -0.25) is 19.0 Å². The molecule has 2 N–H and O–H groups in total. The molecule has 21 heavy (non-hydrogen) atoms. The molecular formula is C13H16N4O3S. The summed E-state index contributed by atoms with van der Waals surface area (Å²) < 4.78 is 1.51. The highest BCUT2D eigenvalue weighted by atomic mass is 32.2. The first-order chi connectivity index (χ1) is 10.2. The minimum atomic E-state index is -0.577. The first-order valence-electron chi connectivity index (χ1n) is 6.98. The molecule has 8 heteroatoms. The Kier molecular flexibility index (Phi) is 3.96. The standard InChI is InChI=1S/C13H16N4O3S/c18-10(16-9-3-1-2-4-14-11(9)19)8-7-15-13-17(12(8)20)5-6-21-13/h7,9H,1-6H2,(H,14,19)(H,16,18)/t9-/m1/s1. The molecule has 1 aromatic heterocycles. The van der Waals surface area contributed by atoms with E-state index in [9.17, 15) is 14.4 Å². The smallest absolute Gasteiger partial charge is 0.267 e. The summed E-state index contributed by atoms with van der Waals surface area (Å²) in [4.78, 5) is 40.4. The summed E-state index contributed by atoms with van der Waals surface area (Å²) in [5.74, 6) is 0.0746. The lowest BCUT2D eigenvalue weighted by Crippen LogP contribution is -2.47. The summed E-state index contributed by atoms with van der Waals surface area (Å²) >= 11 is 1.50. The molecule has 0 unspecified atom stereocenters. The lowest BCUT2D eigenvalue weighted by atomic mass is 10.1. The van der Waals surface area contributed by atoms with E-state index in [1.807, 2.05) is 0 Å². The van der Waals surface area contributed by atoms with E-state index in [2.05, 4.69) is 15.6 Å². The molecule has 1 fully saturated rings. The van der Waals surface area contributed by atoms with Gasteiger partial charge in [-0.05, 0) is 19.3 Å². The van der Waals surface area contributed by atoms with E-state index in [1.54, 1.807) is 0 Å². The molecule has 0 aromatic carbocycles. The predicted octanol–water partition coefficient (Wildman–Crippen LogP) is -0.253. The zero-order valence-electron chi connectivity index (χ0n) is 11.4. The van der Waals surface area contributed by atoms with Crippen LogP contribution >= 0.6 is 11.8 Å². The fourth-order valence-corrected chi connectivity index (χ4v) is 3.40. The van der Waals surface area contributed by atoms with Crippen LogP contribution in [0.4, 0.5) is 0 Å². The minimum Gasteiger partial charge on any atom is -0.354 e. The number of nitrogens with zero attached hydrogens (tertiary/aromatic N) is 2. The summed E-state index contributed by atoms with van der Waals surface area (Å²) in [6.45, 7) is 1.20. The molecule has 112 valence electrons. The maximum Gasteiger partial charge on any atom is 0.267 e. The Balaban J connectivity index is 1.79. The lowest BCUT2D eigenvalue weighted by molar-refractivity contribution is -0.122. The quantitative estimate of drug-likeness (QED) is 0.735. The first-order valence-corrected chi connectivity index (χ1v) is 7.96. The van der Waals surface area contributed by atoms with Gasteiger partial charge < -0.3 is 10.6 Å². The van der Waals surface area contributed by atoms with E-state index >= 15 is 0 Å². The van der Waals surface area contributed by atoms with Gasteiger partial charge in [0.2, 0.25) is 5.91 Å². The highest BCUT2D eigenvalue weighted by Gasteiger charge is 2.25. The molecule has 2 amide bonds. The molecule has 0 saturated carbocycles. The highest BCUT2D eigenvalue weighted by molar-refractivity contribution is 7.99. The maximum absolute atomic E-state index is 12.2. The Morgan fingerprint density at radius 2 is 2.29 bits per heavy atom. The van der Waals surface area contributed by atoms with Gasteiger partial charge in [-0.25, -0.2) is 4.98 Å². The maximum atomic E-state index is 12.2. The minimum absolute atomic E-state index is 0.00158. The van der Waals surface area contributed by atoms with Crippen LogP contribution in [0.25, 0.3) is 0 Å². The number of carbonyl (C=O) groups is 2. The van der Waals surface area contributed by atoms with Crippen molar-refractivity contribution in [2.24, 2.45) is 0 Å². The molecule has 2 aliphatic rings. The van der Waals surface area contributed by atoms with Crippen LogP contribution in [-0.4, -0.2) is 39.7 Å². The molecule has 7 nitrogen and oxygen atoms in total. The van der Waals surface area contributed by atoms with Gasteiger partial charge in [-0.15, -0.1) is 0 Å². The number of fused-ring (bicyclic) bond motifs is 1. The van der Waals surface area contributed by atoms with Gasteiger partial charge in [0.15, 0.2) is 5.16 Å². The summed E-state index contributed by atoms with van der Waals surface area (Å²) in [6.07, 6.45) is 3.66. The largest absolute Gasteiger partial charge is 0.354 e. The topological polar surface area (TPSA) is 93.1 Å². The van der Waals surface area contributed by atoms with Gasteiger partial charge in [0.05, 0.1) is 0 Å². The number of carbonyl (C=O) groups excluding carboxylic acids is 2. The second-order valence-electron chi connectivity index (χ2n) is 5.07. The molecule has 3 rings (SSSR count). The number of hydrogen-bond donors (Lipinski definition) is 2. The van der Waals surface area contributed by atoms with Gasteiger partial charge in [-0.1, -0.05) is 11.8 Å². The second-order valence-corrected chi connectivity index (χ2v) is 6.13. The van der Waals surface area contributed by atoms with E-state index in [0.717, 1.165) is 18.6 Å². The summed E-state index contributed by atoms with van der Waals surface area (Å²) in [7, 11) is 0. The average molecular weight is 308 g/mol. The molecule has 3 heterocycles. The Bertz CT molecular complexity index is 643. The zero-order chi connectivity index (χ0) is 14.8. The Morgan fingerprint density at radius 3 is 3.14 bits per heavy atom. The molecule has 2 aliphatic heterocycles. The third kappa shape index (κ3) is 2.80. The van der Waals surface area contributed by atoms with E-state index in [4.69, 9.17) is 0 Å². The number of amides is 2. The van der Waals surface area contributed by atoms with Crippen molar-refractivity contribution < 1.29 is 9.59 Å². The van der Waals surface area contributed by atoms with Gasteiger partial charge in [0.1, 0.15) is 11.6 Å². The van der Waals surface area contributed by atoms with Gasteiger partial charge in [-0.2, -0.15) is 0 Å². The Labute approximate surface area is 125 Å². The highest BCUT2D eigenvalue weighted by Crippen LogP contribution is 2.20. The monoisotopic (exact) mass is 308 g/mol. The third-order valence-electron chi connectivity index (χ3n) is 3.64. The normalized spacial score (nSPS) is 21.3. The Hall–Kier alpha value is -1.83. The van der Waals surface area contributed by atoms with Crippen LogP contribution in [0.2, 0.25) is 0 Å². The molecule has 1 saturated heterocycles. The van der Waals surface area contributed by atoms with E-state index in [0.29, 0.717) is 24.7 Å². The molecule has 0 bridgehead atoms. The lowest BCUT2D eigenvalue weighted by Gasteiger charge is -2.15. The molecule has 1 atom stereocenters. The number of thioether (sulfide) groups is 1. The predicted molar refractivity (Wildman–Crippen MR) is 77.3 cm³/mol. The van der Waals surface area contributed by atoms with Crippen molar-refractivity contribution in [3.8, 4) is 0 Å². The van der Waals surface area contributed by atoms with Gasteiger partial charge in [0.25, 0.3) is 11.5 Å². The molecule has 1 aromatic rings. The first kappa shape index (κ1) is 14.1. The fourth-order valence-electron chi connectivity index (χ4n) is 2.49. The third-order valence-corrected chi connectivity index (χ3v) is 4.61. The van der Waals surface area contributed by atoms with Crippen molar-refractivity contribution in [1.82, 2.24) is 20.2 Å². The number of hydrogen-bond acceptors (Lipinski definition) is 5. The summed E-state index contributed by atoms with van der Waals surface area (Å²) in [6, 6.07) is -0.577. The van der Waals surface area contributed by atoms with Gasteiger partial charge >= 0.3 is 0 Å². The number of rotatable bonds is 2. The van der Waals surface area contributed by atoms with Gasteiger partial charge in [0, 0.05) is 25.0 Å². The van der Waals surface area contributed by atoms with Crippen LogP contribution in [0.1, 0.15) is 29.6 Å². The fraction of sp³-hybridized carbons (Fsp3) is 0.538. The SMILES string of the molecule is O=C(N[C@@H]1CCCCNC1=O)c1cnc2n(c1=O)CCS2. The summed E-state index contributed by atoms with van der Waals surface area (Å²) in [5, 5.41) is 6.04. The van der Waals surface area contributed by atoms with E-state index in [-0.39, 0.29) is 17.0 Å². The molecule has 0 radical (unpaired) electrons.